The molecule has 0 saturated carbocycles. The molecule has 2 heterocycles. The third-order valence-electron chi connectivity index (χ3n) is 4.67. The highest BCUT2D eigenvalue weighted by Crippen LogP contribution is 2.20. The van der Waals surface area contributed by atoms with E-state index in [1.54, 1.807) is 18.4 Å². The molecular weight excluding hydrogens is 376 g/mol. The number of amides is 3. The van der Waals surface area contributed by atoms with Crippen LogP contribution in [0, 0.1) is 0 Å². The number of imide groups is 1. The topological polar surface area (TPSA) is 73.9 Å². The zero-order chi connectivity index (χ0) is 19.8. The Morgan fingerprint density at radius 1 is 1.11 bits per heavy atom. The van der Waals surface area contributed by atoms with Gasteiger partial charge in [-0.1, -0.05) is 6.07 Å². The van der Waals surface area contributed by atoms with Gasteiger partial charge in [0.1, 0.15) is 5.75 Å². The first-order valence-electron chi connectivity index (χ1n) is 9.35. The predicted molar refractivity (Wildman–Crippen MR) is 111 cm³/mol. The van der Waals surface area contributed by atoms with Crippen molar-refractivity contribution in [2.24, 2.45) is 0 Å². The van der Waals surface area contributed by atoms with Crippen molar-refractivity contribution >= 4 is 29.0 Å². The number of methoxy groups -OCH3 is 1. The Labute approximate surface area is 169 Å². The molecule has 150 valence electrons. The Bertz CT molecular complexity index is 756. The summed E-state index contributed by atoms with van der Waals surface area (Å²) in [6.45, 7) is 3.98. The van der Waals surface area contributed by atoms with Crippen LogP contribution in [0.5, 0.6) is 5.75 Å². The Hall–Kier alpha value is -2.58. The molecule has 1 aromatic carbocycles. The molecule has 7 nitrogen and oxygen atoms in total. The number of hydrogen-bond acceptors (Lipinski definition) is 6. The van der Waals surface area contributed by atoms with Crippen molar-refractivity contribution < 1.29 is 14.3 Å². The van der Waals surface area contributed by atoms with Crippen LogP contribution < -0.4 is 20.3 Å². The van der Waals surface area contributed by atoms with E-state index in [2.05, 4.69) is 20.4 Å². The molecule has 0 spiro atoms. The van der Waals surface area contributed by atoms with E-state index in [0.29, 0.717) is 6.54 Å². The van der Waals surface area contributed by atoms with Crippen molar-refractivity contribution in [1.82, 2.24) is 15.5 Å². The van der Waals surface area contributed by atoms with Gasteiger partial charge in [-0.15, -0.1) is 11.3 Å². The number of rotatable bonds is 7. The highest BCUT2D eigenvalue weighted by Gasteiger charge is 2.20. The van der Waals surface area contributed by atoms with Crippen LogP contribution in [0.4, 0.5) is 10.5 Å². The minimum atomic E-state index is -0.432. The summed E-state index contributed by atoms with van der Waals surface area (Å²) in [6, 6.07) is 11.6. The van der Waals surface area contributed by atoms with Crippen molar-refractivity contribution in [1.29, 1.82) is 0 Å². The number of nitrogens with one attached hydrogen (secondary N) is 2. The maximum Gasteiger partial charge on any atom is 0.321 e. The van der Waals surface area contributed by atoms with Crippen molar-refractivity contribution in [3.05, 3.63) is 46.7 Å². The lowest BCUT2D eigenvalue weighted by Crippen LogP contribution is -2.51. The van der Waals surface area contributed by atoms with Gasteiger partial charge in [0.2, 0.25) is 5.91 Å². The van der Waals surface area contributed by atoms with Crippen LogP contribution in [0.1, 0.15) is 4.88 Å². The summed E-state index contributed by atoms with van der Waals surface area (Å²) >= 11 is 1.66. The van der Waals surface area contributed by atoms with Crippen LogP contribution in [0.3, 0.4) is 0 Å². The van der Waals surface area contributed by atoms with Gasteiger partial charge in [0.15, 0.2) is 0 Å². The van der Waals surface area contributed by atoms with Crippen LogP contribution in [0.2, 0.25) is 0 Å². The monoisotopic (exact) mass is 402 g/mol. The van der Waals surface area contributed by atoms with Crippen LogP contribution in [0.25, 0.3) is 0 Å². The SMILES string of the molecule is COc1ccc(N2CCN(CC(=O)NC(=O)NCCc3cccs3)CC2)cc1. The van der Waals surface area contributed by atoms with Gasteiger partial charge in [0.25, 0.3) is 0 Å². The summed E-state index contributed by atoms with van der Waals surface area (Å²) < 4.78 is 5.19. The first kappa shape index (κ1) is 20.2. The van der Waals surface area contributed by atoms with Gasteiger partial charge in [0.05, 0.1) is 13.7 Å². The number of thiophene rings is 1. The first-order chi connectivity index (χ1) is 13.6. The Balaban J connectivity index is 1.34. The fourth-order valence-corrected chi connectivity index (χ4v) is 3.83. The Morgan fingerprint density at radius 3 is 2.50 bits per heavy atom. The lowest BCUT2D eigenvalue weighted by Gasteiger charge is -2.35. The smallest absolute Gasteiger partial charge is 0.321 e. The average molecular weight is 403 g/mol. The van der Waals surface area contributed by atoms with Gasteiger partial charge >= 0.3 is 6.03 Å². The first-order valence-corrected chi connectivity index (χ1v) is 10.2. The second-order valence-electron chi connectivity index (χ2n) is 6.59. The summed E-state index contributed by atoms with van der Waals surface area (Å²) in [5, 5.41) is 7.14. The minimum absolute atomic E-state index is 0.231. The molecule has 8 heteroatoms. The number of carbonyl (C=O) groups excluding carboxylic acids is 2. The molecule has 1 aliphatic heterocycles. The standard InChI is InChI=1S/C20H26N4O3S/c1-27-17-6-4-16(5-7-17)24-12-10-23(11-13-24)15-19(25)22-20(26)21-9-8-18-3-2-14-28-18/h2-7,14H,8-13,15H2,1H3,(H2,21,22,25,26). The van der Waals surface area contributed by atoms with Crippen molar-refractivity contribution in [2.75, 3.05) is 51.3 Å². The minimum Gasteiger partial charge on any atom is -0.497 e. The molecule has 0 unspecified atom stereocenters. The molecule has 28 heavy (non-hydrogen) atoms. The van der Waals surface area contributed by atoms with Crippen molar-refractivity contribution in [3.8, 4) is 5.75 Å². The predicted octanol–water partition coefficient (Wildman–Crippen LogP) is 1.95. The lowest BCUT2D eigenvalue weighted by atomic mass is 10.2. The zero-order valence-corrected chi connectivity index (χ0v) is 16.8. The second kappa shape index (κ2) is 10.1. The summed E-state index contributed by atoms with van der Waals surface area (Å²) in [5.41, 5.74) is 1.15. The van der Waals surface area contributed by atoms with Crippen LogP contribution in [-0.4, -0.2) is 63.2 Å². The van der Waals surface area contributed by atoms with E-state index in [0.717, 1.165) is 44.0 Å². The molecule has 0 bridgehead atoms. The molecule has 3 rings (SSSR count). The lowest BCUT2D eigenvalue weighted by molar-refractivity contribution is -0.121. The third-order valence-corrected chi connectivity index (χ3v) is 5.60. The molecule has 1 saturated heterocycles. The number of carbonyl (C=O) groups is 2. The van der Waals surface area contributed by atoms with Gasteiger partial charge < -0.3 is 15.0 Å². The molecule has 0 atom stereocenters. The normalized spacial score (nSPS) is 14.5. The molecule has 2 N–H and O–H groups in total. The van der Waals surface area contributed by atoms with E-state index in [1.807, 2.05) is 41.8 Å². The Kier molecular flexibility index (Phi) is 7.27. The molecule has 3 amide bonds. The van der Waals surface area contributed by atoms with E-state index < -0.39 is 6.03 Å². The number of anilines is 1. The average Bonchev–Trinajstić information content (AvgIpc) is 3.22. The number of urea groups is 1. The maximum atomic E-state index is 12.1. The van der Waals surface area contributed by atoms with E-state index >= 15 is 0 Å². The van der Waals surface area contributed by atoms with Crippen molar-refractivity contribution in [2.45, 2.75) is 6.42 Å². The molecule has 1 aliphatic rings. The second-order valence-corrected chi connectivity index (χ2v) is 7.63. The summed E-state index contributed by atoms with van der Waals surface area (Å²) in [6.07, 6.45) is 0.770. The summed E-state index contributed by atoms with van der Waals surface area (Å²) in [5.74, 6) is 0.569. The zero-order valence-electron chi connectivity index (χ0n) is 16.0. The van der Waals surface area contributed by atoms with Gasteiger partial charge in [-0.3, -0.25) is 15.0 Å². The third kappa shape index (κ3) is 5.97. The van der Waals surface area contributed by atoms with Gasteiger partial charge in [-0.05, 0) is 42.1 Å². The summed E-state index contributed by atoms with van der Waals surface area (Å²) in [7, 11) is 1.66. The van der Waals surface area contributed by atoms with E-state index in [-0.39, 0.29) is 12.5 Å². The molecule has 1 aromatic heterocycles. The maximum absolute atomic E-state index is 12.1. The van der Waals surface area contributed by atoms with Gasteiger partial charge in [0, 0.05) is 43.3 Å². The van der Waals surface area contributed by atoms with Crippen molar-refractivity contribution in [3.63, 3.8) is 0 Å². The fraction of sp³-hybridized carbons (Fsp3) is 0.400. The molecule has 1 fully saturated rings. The quantitative estimate of drug-likeness (QED) is 0.741. The number of nitrogens with zero attached hydrogens (tertiary/aromatic N) is 2. The number of benzene rings is 1. The number of hydrogen-bond donors (Lipinski definition) is 2. The van der Waals surface area contributed by atoms with E-state index in [4.69, 9.17) is 4.74 Å². The molecule has 0 radical (unpaired) electrons. The molecule has 0 aliphatic carbocycles. The van der Waals surface area contributed by atoms with Crippen LogP contribution in [0.15, 0.2) is 41.8 Å². The van der Waals surface area contributed by atoms with E-state index in [9.17, 15) is 9.59 Å². The number of piperazine rings is 1. The fourth-order valence-electron chi connectivity index (χ4n) is 3.12. The van der Waals surface area contributed by atoms with E-state index in [1.165, 1.54) is 4.88 Å². The van der Waals surface area contributed by atoms with Crippen LogP contribution in [-0.2, 0) is 11.2 Å². The molecular formula is C20H26N4O3S. The molecule has 2 aromatic rings. The van der Waals surface area contributed by atoms with Gasteiger partial charge in [-0.2, -0.15) is 0 Å². The van der Waals surface area contributed by atoms with Gasteiger partial charge in [-0.25, -0.2) is 4.79 Å². The Morgan fingerprint density at radius 2 is 1.86 bits per heavy atom. The summed E-state index contributed by atoms with van der Waals surface area (Å²) in [4.78, 5) is 29.5. The largest absolute Gasteiger partial charge is 0.497 e. The highest BCUT2D eigenvalue weighted by molar-refractivity contribution is 7.09. The number of ether oxygens (including phenoxy) is 1. The highest BCUT2D eigenvalue weighted by atomic mass is 32.1. The van der Waals surface area contributed by atoms with Crippen LogP contribution >= 0.6 is 11.3 Å².